The average Bonchev–Trinajstić information content (AvgIpc) is 2.18. The van der Waals surface area contributed by atoms with Crippen molar-refractivity contribution in [3.05, 3.63) is 0 Å². The van der Waals surface area contributed by atoms with Gasteiger partial charge in [-0.25, -0.2) is 0 Å². The zero-order valence-corrected chi connectivity index (χ0v) is 10.1. The molecule has 0 unspecified atom stereocenters. The molecule has 100 valence electrons. The van der Waals surface area contributed by atoms with Crippen molar-refractivity contribution in [1.82, 2.24) is 0 Å². The Hall–Kier alpha value is -0.200. The quantitative estimate of drug-likeness (QED) is 0.310. The largest absolute Gasteiger partial charge is 0.396 e. The van der Waals surface area contributed by atoms with Crippen LogP contribution in [0, 0.1) is 0 Å². The maximum atomic E-state index is 8.36. The predicted molar refractivity (Wildman–Crippen MR) is 61.6 cm³/mol. The van der Waals surface area contributed by atoms with E-state index in [1.54, 1.807) is 0 Å². The van der Waals surface area contributed by atoms with Crippen molar-refractivity contribution in [2.45, 2.75) is 57.8 Å². The van der Waals surface area contributed by atoms with Crippen LogP contribution in [0.5, 0.6) is 0 Å². The molecule has 0 fully saturated rings. The number of unbranched alkanes of at least 4 members (excludes halogenated alkanes) is 4. The molecule has 0 atom stereocenters. The van der Waals surface area contributed by atoms with Crippen LogP contribution in [0.1, 0.15) is 51.9 Å². The van der Waals surface area contributed by atoms with Crippen LogP contribution in [0.4, 0.5) is 0 Å². The van der Waals surface area contributed by atoms with Crippen molar-refractivity contribution in [3.63, 3.8) is 0 Å². The van der Waals surface area contributed by atoms with Gasteiger partial charge >= 0.3 is 0 Å². The van der Waals surface area contributed by atoms with Gasteiger partial charge in [-0.1, -0.05) is 19.8 Å². The highest BCUT2D eigenvalue weighted by atomic mass is 16.7. The Labute approximate surface area is 97.4 Å². The van der Waals surface area contributed by atoms with Crippen LogP contribution in [0.2, 0.25) is 0 Å². The molecule has 0 amide bonds. The normalized spacial score (nSPS) is 10.9. The average molecular weight is 238 g/mol. The van der Waals surface area contributed by atoms with E-state index in [1.165, 1.54) is 0 Å². The molecule has 0 aromatic rings. The second-order valence-corrected chi connectivity index (χ2v) is 3.74. The minimum absolute atomic E-state index is 0.0425. The van der Waals surface area contributed by atoms with E-state index >= 15 is 0 Å². The van der Waals surface area contributed by atoms with E-state index in [-0.39, 0.29) is 19.6 Å². The van der Waals surface area contributed by atoms with Gasteiger partial charge in [-0.3, -0.25) is 0 Å². The Bertz CT molecular complexity index is 118. The Kier molecular flexibility index (Phi) is 14.6. The number of hydrogen-bond donors (Lipinski definition) is 5. The van der Waals surface area contributed by atoms with Crippen molar-refractivity contribution in [2.24, 2.45) is 0 Å². The van der Waals surface area contributed by atoms with Gasteiger partial charge in [-0.2, -0.15) is 0 Å². The van der Waals surface area contributed by atoms with Crippen LogP contribution < -0.4 is 0 Å². The monoisotopic (exact) mass is 238 g/mol. The van der Waals surface area contributed by atoms with Crippen LogP contribution in [-0.4, -0.2) is 44.7 Å². The predicted octanol–water partition coefficient (Wildman–Crippen LogP) is 0.339. The summed E-state index contributed by atoms with van der Waals surface area (Å²) in [5, 5.41) is 41.5. The molecule has 0 aromatic heterocycles. The van der Waals surface area contributed by atoms with Crippen LogP contribution in [-0.2, 0) is 0 Å². The lowest BCUT2D eigenvalue weighted by Crippen LogP contribution is -2.26. The minimum atomic E-state index is -2.45. The molecule has 0 bridgehead atoms. The smallest absolute Gasteiger partial charge is 0.275 e. The standard InChI is InChI=1S/C6H14O3.C5H12O2/c1-2-3-4-5-6(7,8)9;6-4-2-1-3-5-7/h7-9H,2-5H2,1H3;6-7H,1-5H2. The van der Waals surface area contributed by atoms with Crippen molar-refractivity contribution >= 4 is 0 Å². The van der Waals surface area contributed by atoms with Crippen LogP contribution in [0.25, 0.3) is 0 Å². The first-order chi connectivity index (χ1) is 7.47. The summed E-state index contributed by atoms with van der Waals surface area (Å²) in [6.07, 6.45) is 5.20. The van der Waals surface area contributed by atoms with E-state index < -0.39 is 5.97 Å². The van der Waals surface area contributed by atoms with Crippen LogP contribution in [0.3, 0.4) is 0 Å². The summed E-state index contributed by atoms with van der Waals surface area (Å²) in [5.74, 6) is -2.45. The Morgan fingerprint density at radius 2 is 1.25 bits per heavy atom. The van der Waals surface area contributed by atoms with Gasteiger partial charge in [0.25, 0.3) is 5.97 Å². The van der Waals surface area contributed by atoms with Crippen molar-refractivity contribution in [3.8, 4) is 0 Å². The fourth-order valence-electron chi connectivity index (χ4n) is 1.01. The maximum absolute atomic E-state index is 8.36. The minimum Gasteiger partial charge on any atom is -0.396 e. The molecule has 0 saturated carbocycles. The second-order valence-electron chi connectivity index (χ2n) is 3.74. The molecule has 5 heteroatoms. The van der Waals surface area contributed by atoms with Gasteiger partial charge in [-0.05, 0) is 25.7 Å². The first kappa shape index (κ1) is 18.2. The van der Waals surface area contributed by atoms with Gasteiger partial charge in [0.05, 0.1) is 0 Å². The third kappa shape index (κ3) is 23.5. The van der Waals surface area contributed by atoms with Gasteiger partial charge in [0.1, 0.15) is 0 Å². The number of rotatable bonds is 8. The highest BCUT2D eigenvalue weighted by molar-refractivity contribution is 4.47. The van der Waals surface area contributed by atoms with Crippen molar-refractivity contribution in [2.75, 3.05) is 13.2 Å². The Balaban J connectivity index is 0. The molecule has 0 aromatic carbocycles. The molecule has 0 heterocycles. The lowest BCUT2D eigenvalue weighted by Gasteiger charge is -2.12. The molecule has 0 aliphatic carbocycles. The van der Waals surface area contributed by atoms with Gasteiger partial charge < -0.3 is 25.5 Å². The van der Waals surface area contributed by atoms with E-state index in [1.807, 2.05) is 6.92 Å². The number of hydrogen-bond acceptors (Lipinski definition) is 5. The zero-order chi connectivity index (χ0) is 12.9. The lowest BCUT2D eigenvalue weighted by molar-refractivity contribution is -0.314. The van der Waals surface area contributed by atoms with E-state index in [9.17, 15) is 0 Å². The van der Waals surface area contributed by atoms with E-state index in [0.29, 0.717) is 6.42 Å². The molecular weight excluding hydrogens is 212 g/mol. The first-order valence-corrected chi connectivity index (χ1v) is 5.86. The first-order valence-electron chi connectivity index (χ1n) is 5.86. The summed E-state index contributed by atoms with van der Waals surface area (Å²) in [7, 11) is 0. The van der Waals surface area contributed by atoms with Gasteiger partial charge in [0, 0.05) is 19.6 Å². The van der Waals surface area contributed by atoms with Gasteiger partial charge in [0.2, 0.25) is 0 Å². The summed E-state index contributed by atoms with van der Waals surface area (Å²) in [4.78, 5) is 0. The third-order valence-electron chi connectivity index (χ3n) is 1.93. The van der Waals surface area contributed by atoms with Gasteiger partial charge in [0.15, 0.2) is 0 Å². The molecule has 0 aliphatic heterocycles. The number of aliphatic hydroxyl groups is 5. The Morgan fingerprint density at radius 3 is 1.56 bits per heavy atom. The zero-order valence-electron chi connectivity index (χ0n) is 10.1. The topological polar surface area (TPSA) is 101 Å². The summed E-state index contributed by atoms with van der Waals surface area (Å²) in [6.45, 7) is 2.51. The summed E-state index contributed by atoms with van der Waals surface area (Å²) in [6, 6.07) is 0. The van der Waals surface area contributed by atoms with Gasteiger partial charge in [-0.15, -0.1) is 0 Å². The summed E-state index contributed by atoms with van der Waals surface area (Å²) < 4.78 is 0. The molecule has 0 aliphatic rings. The molecule has 0 spiro atoms. The molecular formula is C11H26O5. The van der Waals surface area contributed by atoms with E-state index in [0.717, 1.165) is 32.1 Å². The van der Waals surface area contributed by atoms with Crippen LogP contribution in [0.15, 0.2) is 0 Å². The second kappa shape index (κ2) is 12.9. The molecule has 16 heavy (non-hydrogen) atoms. The number of aliphatic hydroxyl groups excluding tert-OH is 2. The van der Waals surface area contributed by atoms with E-state index in [2.05, 4.69) is 0 Å². The summed E-state index contributed by atoms with van der Waals surface area (Å²) >= 11 is 0. The van der Waals surface area contributed by atoms with Crippen molar-refractivity contribution in [1.29, 1.82) is 0 Å². The lowest BCUT2D eigenvalue weighted by atomic mass is 10.2. The maximum Gasteiger partial charge on any atom is 0.275 e. The highest BCUT2D eigenvalue weighted by Crippen LogP contribution is 2.07. The van der Waals surface area contributed by atoms with Crippen molar-refractivity contribution < 1.29 is 25.5 Å². The highest BCUT2D eigenvalue weighted by Gasteiger charge is 2.15. The summed E-state index contributed by atoms with van der Waals surface area (Å²) in [5.41, 5.74) is 0. The third-order valence-corrected chi connectivity index (χ3v) is 1.93. The SMILES string of the molecule is CCCCCC(O)(O)O.OCCCCCO. The Morgan fingerprint density at radius 1 is 0.750 bits per heavy atom. The fourth-order valence-corrected chi connectivity index (χ4v) is 1.01. The fraction of sp³-hybridized carbons (Fsp3) is 1.00. The molecule has 0 saturated heterocycles. The van der Waals surface area contributed by atoms with Crippen LogP contribution >= 0.6 is 0 Å². The molecule has 5 nitrogen and oxygen atoms in total. The molecule has 0 rings (SSSR count). The molecule has 0 radical (unpaired) electrons. The molecule has 5 N–H and O–H groups in total. The van der Waals surface area contributed by atoms with E-state index in [4.69, 9.17) is 25.5 Å².